The summed E-state index contributed by atoms with van der Waals surface area (Å²) in [6.45, 7) is 4.61. The largest absolute Gasteiger partial charge is 0.477 e. The summed E-state index contributed by atoms with van der Waals surface area (Å²) in [5.41, 5.74) is 0. The molecule has 2 atom stereocenters. The van der Waals surface area contributed by atoms with Crippen LogP contribution in [0.3, 0.4) is 0 Å². The predicted molar refractivity (Wildman–Crippen MR) is 234 cm³/mol. The van der Waals surface area contributed by atoms with Gasteiger partial charge in [-0.3, -0.25) is 9.59 Å². The van der Waals surface area contributed by atoms with E-state index in [1.807, 2.05) is 21.1 Å². The average Bonchev–Trinajstić information content (AvgIpc) is 3.15. The Balaban J connectivity index is 4.34. The Morgan fingerprint density at radius 3 is 1.48 bits per heavy atom. The molecule has 0 aromatic carbocycles. The number of hydrogen-bond donors (Lipinski definition) is 1. The maximum absolute atomic E-state index is 12.7. The summed E-state index contributed by atoms with van der Waals surface area (Å²) in [6, 6.07) is -0.617. The summed E-state index contributed by atoms with van der Waals surface area (Å²) in [7, 11) is 5.52. The van der Waals surface area contributed by atoms with E-state index in [4.69, 9.17) is 14.2 Å². The molecular formula is C48H86NO7+. The first-order chi connectivity index (χ1) is 27.1. The molecule has 0 spiro atoms. The third-order valence-corrected chi connectivity index (χ3v) is 9.99. The molecule has 0 radical (unpaired) electrons. The molecule has 0 fully saturated rings. The van der Waals surface area contributed by atoms with Gasteiger partial charge in [-0.05, 0) is 51.4 Å². The van der Waals surface area contributed by atoms with Gasteiger partial charge in [0.05, 0.1) is 34.4 Å². The van der Waals surface area contributed by atoms with Crippen LogP contribution in [-0.2, 0) is 28.6 Å². The number of nitrogens with zero attached hydrogens (tertiary/aromatic N) is 1. The van der Waals surface area contributed by atoms with Crippen molar-refractivity contribution < 1.29 is 38.2 Å². The molecule has 8 nitrogen and oxygen atoms in total. The van der Waals surface area contributed by atoms with Crippen LogP contribution in [0.1, 0.15) is 187 Å². The fourth-order valence-corrected chi connectivity index (χ4v) is 6.49. The molecule has 0 aromatic rings. The van der Waals surface area contributed by atoms with Crippen LogP contribution in [0, 0.1) is 0 Å². The van der Waals surface area contributed by atoms with Gasteiger partial charge in [-0.1, -0.05) is 165 Å². The van der Waals surface area contributed by atoms with Gasteiger partial charge in [0.1, 0.15) is 6.61 Å². The minimum absolute atomic E-state index is 0.0556. The zero-order chi connectivity index (χ0) is 41.4. The standard InChI is InChI=1S/C48H85NO7/c1-6-8-10-12-14-16-18-20-21-22-23-24-25-27-29-31-33-35-37-39-47(51)56-44(42-54-41-40-45(48(52)53)49(3,4)5)43-55-46(50)38-36-34-32-30-28-26-19-17-15-13-11-9-7-2/h8,10,14,16,20-21,23-24,44-45H,6-7,9,11-13,15,17-19,22,25-43H2,1-5H3/p+1/b10-8+,16-14+,21-20+,24-23+. The van der Waals surface area contributed by atoms with Crippen molar-refractivity contribution in [1.82, 2.24) is 0 Å². The van der Waals surface area contributed by atoms with Crippen molar-refractivity contribution >= 4 is 17.9 Å². The highest BCUT2D eigenvalue weighted by molar-refractivity contribution is 5.72. The highest BCUT2D eigenvalue weighted by atomic mass is 16.6. The van der Waals surface area contributed by atoms with E-state index in [1.165, 1.54) is 77.0 Å². The highest BCUT2D eigenvalue weighted by Crippen LogP contribution is 2.15. The van der Waals surface area contributed by atoms with Crippen LogP contribution in [0.25, 0.3) is 0 Å². The number of likely N-dealkylation sites (N-methyl/N-ethyl adjacent to an activating group) is 1. The minimum Gasteiger partial charge on any atom is -0.477 e. The normalized spacial score (nSPS) is 13.4. The number of allylic oxidation sites excluding steroid dienone is 8. The first kappa shape index (κ1) is 53.3. The summed E-state index contributed by atoms with van der Waals surface area (Å²) in [4.78, 5) is 37.0. The number of carboxylic acids is 1. The maximum Gasteiger partial charge on any atom is 0.362 e. The summed E-state index contributed by atoms with van der Waals surface area (Å²) in [5, 5.41) is 9.62. The lowest BCUT2D eigenvalue weighted by Crippen LogP contribution is -2.50. The lowest BCUT2D eigenvalue weighted by Gasteiger charge is -2.31. The summed E-state index contributed by atoms with van der Waals surface area (Å²) in [6.07, 6.45) is 45.7. The number of unbranched alkanes of at least 4 members (excludes halogenated alkanes) is 18. The van der Waals surface area contributed by atoms with Crippen molar-refractivity contribution in [2.45, 2.75) is 199 Å². The number of esters is 2. The smallest absolute Gasteiger partial charge is 0.362 e. The Morgan fingerprint density at radius 2 is 1.00 bits per heavy atom. The van der Waals surface area contributed by atoms with Crippen LogP contribution >= 0.6 is 0 Å². The molecule has 1 N–H and O–H groups in total. The van der Waals surface area contributed by atoms with Gasteiger partial charge in [0, 0.05) is 19.3 Å². The molecular weight excluding hydrogens is 703 g/mol. The van der Waals surface area contributed by atoms with E-state index in [1.54, 1.807) is 0 Å². The van der Waals surface area contributed by atoms with Crippen LogP contribution in [0.15, 0.2) is 48.6 Å². The van der Waals surface area contributed by atoms with Gasteiger partial charge < -0.3 is 23.8 Å². The Morgan fingerprint density at radius 1 is 0.554 bits per heavy atom. The SMILES string of the molecule is CC/C=C/C/C=C/C/C=C/C/C=C/CCCCCCCCC(=O)OC(COCCC(C(=O)O)[N+](C)(C)C)COC(=O)CCCCCCCCCCCCCCC. The highest BCUT2D eigenvalue weighted by Gasteiger charge is 2.31. The van der Waals surface area contributed by atoms with Gasteiger partial charge in [-0.25, -0.2) is 4.79 Å². The van der Waals surface area contributed by atoms with Crippen molar-refractivity contribution in [2.75, 3.05) is 41.0 Å². The number of rotatable bonds is 40. The van der Waals surface area contributed by atoms with Crippen molar-refractivity contribution in [3.63, 3.8) is 0 Å². The fourth-order valence-electron chi connectivity index (χ4n) is 6.49. The van der Waals surface area contributed by atoms with Crippen LogP contribution in [-0.4, -0.2) is 80.6 Å². The molecule has 0 aliphatic carbocycles. The Bertz CT molecular complexity index is 1060. The number of carbonyl (C=O) groups excluding carboxylic acids is 2. The molecule has 0 heterocycles. The Labute approximate surface area is 344 Å². The number of aliphatic carboxylic acids is 1. The maximum atomic E-state index is 12.7. The fraction of sp³-hybridized carbons (Fsp3) is 0.771. The van der Waals surface area contributed by atoms with E-state index in [9.17, 15) is 19.5 Å². The summed E-state index contributed by atoms with van der Waals surface area (Å²) in [5.74, 6) is -1.48. The Kier molecular flexibility index (Phi) is 37.2. The van der Waals surface area contributed by atoms with Gasteiger partial charge in [0.2, 0.25) is 0 Å². The molecule has 0 amide bonds. The second-order valence-electron chi connectivity index (χ2n) is 16.3. The van der Waals surface area contributed by atoms with E-state index in [0.29, 0.717) is 19.3 Å². The lowest BCUT2D eigenvalue weighted by molar-refractivity contribution is -0.887. The minimum atomic E-state index is -0.878. The van der Waals surface area contributed by atoms with E-state index >= 15 is 0 Å². The van der Waals surface area contributed by atoms with E-state index < -0.39 is 18.1 Å². The van der Waals surface area contributed by atoms with Crippen molar-refractivity contribution in [3.8, 4) is 0 Å². The third-order valence-electron chi connectivity index (χ3n) is 9.99. The molecule has 0 aromatic heterocycles. The first-order valence-electron chi connectivity index (χ1n) is 22.7. The lowest BCUT2D eigenvalue weighted by atomic mass is 10.0. The predicted octanol–water partition coefficient (Wildman–Crippen LogP) is 12.4. The van der Waals surface area contributed by atoms with Gasteiger partial charge in [0.25, 0.3) is 0 Å². The van der Waals surface area contributed by atoms with Gasteiger partial charge in [-0.2, -0.15) is 0 Å². The van der Waals surface area contributed by atoms with E-state index in [2.05, 4.69) is 62.5 Å². The molecule has 2 unspecified atom stereocenters. The molecule has 0 saturated carbocycles. The van der Waals surface area contributed by atoms with Crippen LogP contribution in [0.2, 0.25) is 0 Å². The van der Waals surface area contributed by atoms with Crippen molar-refractivity contribution in [3.05, 3.63) is 48.6 Å². The molecule has 0 aliphatic heterocycles. The number of carboxylic acid groups (broad SMARTS) is 1. The number of carbonyl (C=O) groups is 3. The van der Waals surface area contributed by atoms with Gasteiger partial charge in [-0.15, -0.1) is 0 Å². The van der Waals surface area contributed by atoms with E-state index in [-0.39, 0.29) is 36.2 Å². The zero-order valence-corrected chi connectivity index (χ0v) is 36.8. The second kappa shape index (κ2) is 39.1. The number of quaternary nitrogens is 1. The third kappa shape index (κ3) is 36.9. The quantitative estimate of drug-likeness (QED) is 0.0286. The van der Waals surface area contributed by atoms with Crippen molar-refractivity contribution in [1.29, 1.82) is 0 Å². The van der Waals surface area contributed by atoms with Gasteiger partial charge >= 0.3 is 17.9 Å². The topological polar surface area (TPSA) is 99.1 Å². The van der Waals surface area contributed by atoms with Crippen LogP contribution in [0.5, 0.6) is 0 Å². The zero-order valence-electron chi connectivity index (χ0n) is 36.8. The number of ether oxygens (including phenoxy) is 3. The van der Waals surface area contributed by atoms with E-state index in [0.717, 1.165) is 77.0 Å². The number of hydrogen-bond acceptors (Lipinski definition) is 6. The average molecular weight is 789 g/mol. The summed E-state index contributed by atoms with van der Waals surface area (Å²) >= 11 is 0. The molecule has 0 saturated heterocycles. The molecule has 0 bridgehead atoms. The molecule has 8 heteroatoms. The molecule has 0 aliphatic rings. The van der Waals surface area contributed by atoms with Crippen molar-refractivity contribution in [2.24, 2.45) is 0 Å². The summed E-state index contributed by atoms with van der Waals surface area (Å²) < 4.78 is 17.3. The van der Waals surface area contributed by atoms with Gasteiger partial charge in [0.15, 0.2) is 12.1 Å². The monoisotopic (exact) mass is 789 g/mol. The first-order valence-corrected chi connectivity index (χ1v) is 22.7. The van der Waals surface area contributed by atoms with Crippen LogP contribution < -0.4 is 0 Å². The second-order valence-corrected chi connectivity index (χ2v) is 16.3. The molecule has 324 valence electrons. The Hall–Kier alpha value is -2.71. The van der Waals surface area contributed by atoms with Crippen LogP contribution in [0.4, 0.5) is 0 Å². The molecule has 56 heavy (non-hydrogen) atoms. The molecule has 0 rings (SSSR count).